The van der Waals surface area contributed by atoms with Gasteiger partial charge in [-0.25, -0.2) is 4.57 Å². The number of fused-ring (bicyclic) bond motifs is 7. The van der Waals surface area contributed by atoms with Gasteiger partial charge in [0.25, 0.3) is 5.82 Å². The van der Waals surface area contributed by atoms with E-state index < -0.39 is 0 Å². The van der Waals surface area contributed by atoms with Gasteiger partial charge in [0.05, 0.1) is 24.2 Å². The van der Waals surface area contributed by atoms with E-state index >= 15 is 0 Å². The van der Waals surface area contributed by atoms with Crippen LogP contribution in [-0.4, -0.2) is 14.5 Å². The second-order valence-corrected chi connectivity index (χ2v) is 5.13. The van der Waals surface area contributed by atoms with Gasteiger partial charge < -0.3 is 4.42 Å². The smallest absolute Gasteiger partial charge is 0.339 e. The zero-order valence-electron chi connectivity index (χ0n) is 10.9. The largest absolute Gasteiger partial charge is 0.417 e. The highest BCUT2D eigenvalue weighted by atomic mass is 16.3. The molecule has 0 bridgehead atoms. The first-order valence-electron chi connectivity index (χ1n) is 6.52. The van der Waals surface area contributed by atoms with Crippen LogP contribution in [0.1, 0.15) is 5.56 Å². The maximum absolute atomic E-state index is 5.96. The lowest BCUT2D eigenvalue weighted by atomic mass is 10.2. The fourth-order valence-corrected chi connectivity index (χ4v) is 3.22. The van der Waals surface area contributed by atoms with Gasteiger partial charge in [-0.3, -0.25) is 9.97 Å². The summed E-state index contributed by atoms with van der Waals surface area (Å²) in [7, 11) is 2.04. The third-order valence-corrected chi connectivity index (χ3v) is 4.07. The van der Waals surface area contributed by atoms with E-state index in [0.717, 1.165) is 28.7 Å². The number of hydrogen-bond acceptors (Lipinski definition) is 3. The van der Waals surface area contributed by atoms with Crippen molar-refractivity contribution in [3.63, 3.8) is 0 Å². The molecule has 1 aliphatic heterocycles. The van der Waals surface area contributed by atoms with Gasteiger partial charge >= 0.3 is 5.71 Å². The molecule has 5 heterocycles. The SMILES string of the molecule is C[n+]1c2n(c3c4ccncc4oc31)Cc1cnccc1-2. The molecule has 4 aromatic heterocycles. The molecule has 5 nitrogen and oxygen atoms in total. The molecule has 1 aliphatic rings. The molecule has 96 valence electrons. The Morgan fingerprint density at radius 3 is 3.00 bits per heavy atom. The van der Waals surface area contributed by atoms with Crippen LogP contribution < -0.4 is 4.57 Å². The second kappa shape index (κ2) is 3.25. The van der Waals surface area contributed by atoms with E-state index in [1.54, 1.807) is 12.4 Å². The zero-order chi connectivity index (χ0) is 13.3. The molecule has 0 unspecified atom stereocenters. The van der Waals surface area contributed by atoms with Crippen LogP contribution in [0.25, 0.3) is 33.6 Å². The lowest BCUT2D eigenvalue weighted by Crippen LogP contribution is -2.29. The van der Waals surface area contributed by atoms with Crippen molar-refractivity contribution in [2.24, 2.45) is 7.05 Å². The summed E-state index contributed by atoms with van der Waals surface area (Å²) in [5, 5.41) is 1.11. The Balaban J connectivity index is 1.99. The Morgan fingerprint density at radius 2 is 2.05 bits per heavy atom. The number of aromatic nitrogens is 4. The topological polar surface area (TPSA) is 47.7 Å². The van der Waals surface area contributed by atoms with E-state index in [0.29, 0.717) is 0 Å². The lowest BCUT2D eigenvalue weighted by Gasteiger charge is -1.93. The molecule has 0 aliphatic carbocycles. The average molecular weight is 263 g/mol. The van der Waals surface area contributed by atoms with Crippen molar-refractivity contribution >= 4 is 22.2 Å². The maximum atomic E-state index is 5.96. The molecule has 0 N–H and O–H groups in total. The molecule has 0 fully saturated rings. The number of nitrogens with zero attached hydrogens (tertiary/aromatic N) is 4. The van der Waals surface area contributed by atoms with Gasteiger partial charge in [-0.15, -0.1) is 0 Å². The van der Waals surface area contributed by atoms with Gasteiger partial charge in [0.2, 0.25) is 5.52 Å². The normalized spacial score (nSPS) is 13.1. The Kier molecular flexibility index (Phi) is 1.65. The van der Waals surface area contributed by atoms with Crippen LogP contribution in [0.4, 0.5) is 0 Å². The summed E-state index contributed by atoms with van der Waals surface area (Å²) < 4.78 is 10.4. The minimum atomic E-state index is 0.831. The number of aryl methyl sites for hydroxylation is 1. The quantitative estimate of drug-likeness (QED) is 0.402. The Morgan fingerprint density at radius 1 is 1.20 bits per heavy atom. The van der Waals surface area contributed by atoms with Crippen molar-refractivity contribution in [3.05, 3.63) is 42.5 Å². The molecule has 20 heavy (non-hydrogen) atoms. The molecule has 0 atom stereocenters. The van der Waals surface area contributed by atoms with Crippen molar-refractivity contribution in [1.29, 1.82) is 0 Å². The summed E-state index contributed by atoms with van der Waals surface area (Å²) in [5.41, 5.74) is 5.35. The minimum absolute atomic E-state index is 0.831. The molecule has 0 radical (unpaired) electrons. The summed E-state index contributed by atoms with van der Waals surface area (Å²) in [6, 6.07) is 4.08. The number of imidazole rings is 1. The molecule has 0 amide bonds. The van der Waals surface area contributed by atoms with Gasteiger partial charge in [0.1, 0.15) is 6.54 Å². The van der Waals surface area contributed by atoms with Crippen LogP contribution in [0, 0.1) is 0 Å². The van der Waals surface area contributed by atoms with E-state index in [1.165, 1.54) is 17.0 Å². The van der Waals surface area contributed by atoms with Gasteiger partial charge in [-0.1, -0.05) is 0 Å². The van der Waals surface area contributed by atoms with Crippen LogP contribution >= 0.6 is 0 Å². The first-order chi connectivity index (χ1) is 9.84. The lowest BCUT2D eigenvalue weighted by molar-refractivity contribution is -0.640. The highest BCUT2D eigenvalue weighted by Crippen LogP contribution is 2.36. The number of rotatable bonds is 0. The average Bonchev–Trinajstić information content (AvgIpc) is 3.10. The van der Waals surface area contributed by atoms with Crippen molar-refractivity contribution < 1.29 is 8.98 Å². The maximum Gasteiger partial charge on any atom is 0.339 e. The molecule has 0 aromatic carbocycles. The van der Waals surface area contributed by atoms with E-state index in [1.807, 2.05) is 25.5 Å². The summed E-state index contributed by atoms with van der Waals surface area (Å²) in [6.07, 6.45) is 7.36. The third kappa shape index (κ3) is 1.02. The van der Waals surface area contributed by atoms with E-state index in [-0.39, 0.29) is 0 Å². The van der Waals surface area contributed by atoms with Crippen LogP contribution in [0.15, 0.2) is 41.3 Å². The van der Waals surface area contributed by atoms with E-state index in [4.69, 9.17) is 4.42 Å². The van der Waals surface area contributed by atoms with Crippen LogP contribution in [0.3, 0.4) is 0 Å². The standard InChI is InChI=1S/C15H11N4O/c1-18-14-10-2-4-16-6-9(10)8-19(14)13-11-3-5-17-7-12(11)20-15(13)18/h2-7H,8H2,1H3/q+1. The van der Waals surface area contributed by atoms with Crippen molar-refractivity contribution in [3.8, 4) is 11.4 Å². The summed E-state index contributed by atoms with van der Waals surface area (Å²) in [6.45, 7) is 0.840. The number of furan rings is 1. The number of pyridine rings is 2. The predicted octanol–water partition coefficient (Wildman–Crippen LogP) is 2.03. The molecule has 0 spiro atoms. The minimum Gasteiger partial charge on any atom is -0.417 e. The highest BCUT2D eigenvalue weighted by molar-refractivity contribution is 6.01. The summed E-state index contributed by atoms with van der Waals surface area (Å²) >= 11 is 0. The second-order valence-electron chi connectivity index (χ2n) is 5.13. The van der Waals surface area contributed by atoms with E-state index in [2.05, 4.69) is 25.2 Å². The molecule has 5 heteroatoms. The first-order valence-corrected chi connectivity index (χ1v) is 6.52. The Hall–Kier alpha value is -2.69. The monoisotopic (exact) mass is 263 g/mol. The summed E-state index contributed by atoms with van der Waals surface area (Å²) in [4.78, 5) is 8.35. The molecule has 5 rings (SSSR count). The van der Waals surface area contributed by atoms with Crippen molar-refractivity contribution in [1.82, 2.24) is 14.5 Å². The van der Waals surface area contributed by atoms with Gasteiger partial charge in [-0.2, -0.15) is 4.57 Å². The van der Waals surface area contributed by atoms with Crippen LogP contribution in [0.2, 0.25) is 0 Å². The fraction of sp³-hybridized carbons (Fsp3) is 0.133. The molecule has 0 saturated heterocycles. The van der Waals surface area contributed by atoms with E-state index in [9.17, 15) is 0 Å². The van der Waals surface area contributed by atoms with Crippen LogP contribution in [0.5, 0.6) is 0 Å². The highest BCUT2D eigenvalue weighted by Gasteiger charge is 2.35. The fourth-order valence-electron chi connectivity index (χ4n) is 3.22. The predicted molar refractivity (Wildman–Crippen MR) is 73.0 cm³/mol. The zero-order valence-corrected chi connectivity index (χ0v) is 10.9. The van der Waals surface area contributed by atoms with Gasteiger partial charge in [0.15, 0.2) is 5.58 Å². The van der Waals surface area contributed by atoms with Gasteiger partial charge in [-0.05, 0) is 12.1 Å². The number of hydrogen-bond donors (Lipinski definition) is 0. The molecular weight excluding hydrogens is 252 g/mol. The van der Waals surface area contributed by atoms with Gasteiger partial charge in [0, 0.05) is 24.2 Å². The molecule has 4 aromatic rings. The Labute approximate surface area is 114 Å². The Bertz CT molecular complexity index is 996. The molecule has 0 saturated carbocycles. The van der Waals surface area contributed by atoms with Crippen LogP contribution in [-0.2, 0) is 13.6 Å². The summed E-state index contributed by atoms with van der Waals surface area (Å²) in [5.74, 6) is 1.18. The third-order valence-electron chi connectivity index (χ3n) is 4.07. The van der Waals surface area contributed by atoms with Crippen molar-refractivity contribution in [2.75, 3.05) is 0 Å². The first kappa shape index (κ1) is 10.1. The van der Waals surface area contributed by atoms with Crippen molar-refractivity contribution in [2.45, 2.75) is 6.54 Å². The molecular formula is C15H11N4O+.